The lowest BCUT2D eigenvalue weighted by molar-refractivity contribution is -0.137. The SMILES string of the molecule is CCCC1CC2=CCCC[C@]2(C)[C@H]2CC[C@]3(C)[C@@H](CCC(=O)O)CC[C@H]3[C@H]12. The van der Waals surface area contributed by atoms with Crippen LogP contribution >= 0.6 is 0 Å². The number of carboxylic acid groups (broad SMARTS) is 1. The average Bonchev–Trinajstić information content (AvgIpc) is 2.97. The first-order valence-electron chi connectivity index (χ1n) is 11.8. The maximum atomic E-state index is 11.2. The highest BCUT2D eigenvalue weighted by atomic mass is 16.4. The Morgan fingerprint density at radius 3 is 2.70 bits per heavy atom. The fraction of sp³-hybridized carbons (Fsp3) is 0.880. The molecule has 0 bridgehead atoms. The lowest BCUT2D eigenvalue weighted by Crippen LogP contribution is -2.53. The Labute approximate surface area is 166 Å². The van der Waals surface area contributed by atoms with Gasteiger partial charge in [-0.3, -0.25) is 4.79 Å². The van der Waals surface area contributed by atoms with Crippen molar-refractivity contribution in [3.05, 3.63) is 11.6 Å². The summed E-state index contributed by atoms with van der Waals surface area (Å²) >= 11 is 0. The van der Waals surface area contributed by atoms with Crippen LogP contribution in [0.5, 0.6) is 0 Å². The van der Waals surface area contributed by atoms with Crippen LogP contribution in [-0.2, 0) is 4.79 Å². The van der Waals surface area contributed by atoms with Crippen LogP contribution in [0.1, 0.15) is 97.8 Å². The molecule has 4 aliphatic rings. The minimum Gasteiger partial charge on any atom is -0.481 e. The van der Waals surface area contributed by atoms with E-state index >= 15 is 0 Å². The number of rotatable bonds is 5. The molecule has 0 aromatic carbocycles. The number of carbonyl (C=O) groups is 1. The molecule has 0 heterocycles. The first kappa shape index (κ1) is 19.5. The van der Waals surface area contributed by atoms with Gasteiger partial charge < -0.3 is 5.11 Å². The number of hydrogen-bond donors (Lipinski definition) is 1. The van der Waals surface area contributed by atoms with Crippen LogP contribution in [0, 0.1) is 40.4 Å². The summed E-state index contributed by atoms with van der Waals surface area (Å²) in [4.78, 5) is 11.2. The largest absolute Gasteiger partial charge is 0.481 e. The Kier molecular flexibility index (Phi) is 5.23. The molecule has 3 saturated carbocycles. The van der Waals surface area contributed by atoms with Gasteiger partial charge in [0.15, 0.2) is 0 Å². The van der Waals surface area contributed by atoms with E-state index in [4.69, 9.17) is 0 Å². The third-order valence-corrected chi connectivity index (χ3v) is 9.76. The van der Waals surface area contributed by atoms with Crippen LogP contribution in [0.4, 0.5) is 0 Å². The van der Waals surface area contributed by atoms with Crippen molar-refractivity contribution >= 4 is 5.97 Å². The van der Waals surface area contributed by atoms with Gasteiger partial charge in [0.2, 0.25) is 0 Å². The Morgan fingerprint density at radius 2 is 1.96 bits per heavy atom. The standard InChI is InChI=1S/C25H40O2/c1-4-7-17-16-19-8-5-6-14-24(19,2)21-13-15-25(3)18(10-12-22(26)27)9-11-20(25)23(17)21/h8,17-18,20-21,23H,4-7,9-16H2,1-3H3,(H,26,27)/t17?,18-,20+,21+,23+,24+,25-/m1/s1. The van der Waals surface area contributed by atoms with Crippen molar-refractivity contribution in [3.8, 4) is 0 Å². The van der Waals surface area contributed by atoms with Crippen LogP contribution in [0.15, 0.2) is 11.6 Å². The van der Waals surface area contributed by atoms with E-state index in [2.05, 4.69) is 26.8 Å². The van der Waals surface area contributed by atoms with Gasteiger partial charge in [-0.25, -0.2) is 0 Å². The van der Waals surface area contributed by atoms with Gasteiger partial charge in [-0.05, 0) is 98.2 Å². The first-order valence-corrected chi connectivity index (χ1v) is 11.8. The maximum Gasteiger partial charge on any atom is 0.303 e. The molecule has 152 valence electrons. The highest BCUT2D eigenvalue weighted by molar-refractivity contribution is 5.66. The van der Waals surface area contributed by atoms with Crippen molar-refractivity contribution in [2.24, 2.45) is 40.4 Å². The molecule has 2 heteroatoms. The third kappa shape index (κ3) is 3.10. The summed E-state index contributed by atoms with van der Waals surface area (Å²) in [5, 5.41) is 9.21. The molecule has 0 radical (unpaired) electrons. The second-order valence-electron chi connectivity index (χ2n) is 10.8. The van der Waals surface area contributed by atoms with E-state index in [0.717, 1.165) is 30.1 Å². The zero-order valence-electron chi connectivity index (χ0n) is 17.8. The van der Waals surface area contributed by atoms with E-state index in [9.17, 15) is 9.90 Å². The second-order valence-corrected chi connectivity index (χ2v) is 10.8. The molecule has 4 rings (SSSR count). The van der Waals surface area contributed by atoms with E-state index in [-0.39, 0.29) is 0 Å². The molecule has 3 fully saturated rings. The summed E-state index contributed by atoms with van der Waals surface area (Å²) in [7, 11) is 0. The molecule has 1 N–H and O–H groups in total. The van der Waals surface area contributed by atoms with Crippen LogP contribution in [0.25, 0.3) is 0 Å². The summed E-state index contributed by atoms with van der Waals surface area (Å²) in [5.74, 6) is 3.51. The molecule has 0 aliphatic heterocycles. The van der Waals surface area contributed by atoms with Gasteiger partial charge in [0, 0.05) is 6.42 Å². The van der Waals surface area contributed by atoms with Crippen molar-refractivity contribution in [2.75, 3.05) is 0 Å². The number of allylic oxidation sites excluding steroid dienone is 2. The van der Waals surface area contributed by atoms with Gasteiger partial charge >= 0.3 is 5.97 Å². The predicted octanol–water partition coefficient (Wildman–Crippen LogP) is 6.85. The molecule has 0 aromatic heterocycles. The fourth-order valence-electron chi connectivity index (χ4n) is 8.44. The van der Waals surface area contributed by atoms with Crippen LogP contribution < -0.4 is 0 Å². The highest BCUT2D eigenvalue weighted by Gasteiger charge is 2.60. The first-order chi connectivity index (χ1) is 12.9. The molecular formula is C25H40O2. The van der Waals surface area contributed by atoms with Crippen LogP contribution in [-0.4, -0.2) is 11.1 Å². The quantitative estimate of drug-likeness (QED) is 0.536. The number of aliphatic carboxylic acids is 1. The summed E-state index contributed by atoms with van der Waals surface area (Å²) < 4.78 is 0. The van der Waals surface area contributed by atoms with Gasteiger partial charge in [-0.1, -0.05) is 45.3 Å². The zero-order valence-corrected chi connectivity index (χ0v) is 17.8. The minimum absolute atomic E-state index is 0.365. The molecule has 2 nitrogen and oxygen atoms in total. The van der Waals surface area contributed by atoms with Crippen molar-refractivity contribution in [3.63, 3.8) is 0 Å². The average molecular weight is 373 g/mol. The second kappa shape index (κ2) is 7.23. The maximum absolute atomic E-state index is 11.2. The summed E-state index contributed by atoms with van der Waals surface area (Å²) in [6.45, 7) is 7.52. The number of carboxylic acids is 1. The molecule has 0 saturated heterocycles. The summed E-state index contributed by atoms with van der Waals surface area (Å²) in [5.41, 5.74) is 2.68. The number of hydrogen-bond acceptors (Lipinski definition) is 1. The topological polar surface area (TPSA) is 37.3 Å². The van der Waals surface area contributed by atoms with Gasteiger partial charge in [-0.15, -0.1) is 0 Å². The van der Waals surface area contributed by atoms with E-state index < -0.39 is 5.97 Å². The lowest BCUT2D eigenvalue weighted by Gasteiger charge is -2.61. The van der Waals surface area contributed by atoms with Gasteiger partial charge in [0.25, 0.3) is 0 Å². The minimum atomic E-state index is -0.609. The molecule has 27 heavy (non-hydrogen) atoms. The number of fused-ring (bicyclic) bond motifs is 5. The van der Waals surface area contributed by atoms with E-state index in [1.807, 2.05) is 5.57 Å². The fourth-order valence-corrected chi connectivity index (χ4v) is 8.44. The van der Waals surface area contributed by atoms with E-state index in [1.165, 1.54) is 64.2 Å². The Balaban J connectivity index is 1.64. The predicted molar refractivity (Wildman–Crippen MR) is 110 cm³/mol. The van der Waals surface area contributed by atoms with Crippen molar-refractivity contribution in [2.45, 2.75) is 97.8 Å². The molecule has 0 spiro atoms. The summed E-state index contributed by atoms with van der Waals surface area (Å²) in [6, 6.07) is 0. The van der Waals surface area contributed by atoms with Gasteiger partial charge in [-0.2, -0.15) is 0 Å². The smallest absolute Gasteiger partial charge is 0.303 e. The molecule has 0 amide bonds. The molecule has 0 aromatic rings. The summed E-state index contributed by atoms with van der Waals surface area (Å²) in [6.07, 6.45) is 17.4. The molecule has 4 aliphatic carbocycles. The van der Waals surface area contributed by atoms with E-state index in [1.54, 1.807) is 0 Å². The van der Waals surface area contributed by atoms with Gasteiger partial charge in [0.05, 0.1) is 0 Å². The lowest BCUT2D eigenvalue weighted by atomic mass is 9.44. The van der Waals surface area contributed by atoms with Gasteiger partial charge in [0.1, 0.15) is 0 Å². The Morgan fingerprint density at radius 1 is 1.15 bits per heavy atom. The highest BCUT2D eigenvalue weighted by Crippen LogP contribution is 2.68. The molecular weight excluding hydrogens is 332 g/mol. The Hall–Kier alpha value is -0.790. The van der Waals surface area contributed by atoms with Crippen molar-refractivity contribution < 1.29 is 9.90 Å². The molecule has 7 atom stereocenters. The zero-order chi connectivity index (χ0) is 19.2. The third-order valence-electron chi connectivity index (χ3n) is 9.76. The van der Waals surface area contributed by atoms with Crippen LogP contribution in [0.2, 0.25) is 0 Å². The molecule has 1 unspecified atom stereocenters. The normalized spacial score (nSPS) is 46.2. The van der Waals surface area contributed by atoms with Crippen LogP contribution in [0.3, 0.4) is 0 Å². The Bertz CT molecular complexity index is 607. The van der Waals surface area contributed by atoms with Crippen molar-refractivity contribution in [1.29, 1.82) is 0 Å². The van der Waals surface area contributed by atoms with Crippen molar-refractivity contribution in [1.82, 2.24) is 0 Å². The van der Waals surface area contributed by atoms with E-state index in [0.29, 0.717) is 23.2 Å². The monoisotopic (exact) mass is 372 g/mol.